The maximum absolute atomic E-state index is 11.8. The second-order valence-corrected chi connectivity index (χ2v) is 10.6. The maximum Gasteiger partial charge on any atom is 0.490 e. The fourth-order valence-corrected chi connectivity index (χ4v) is 5.77. The van der Waals surface area contributed by atoms with Crippen molar-refractivity contribution in [3.05, 3.63) is 12.7 Å². The molecular weight excluding hydrogens is 489 g/mol. The maximum atomic E-state index is 11.8. The number of phosphoric ester groups is 1. The Morgan fingerprint density at radius 3 is 2.48 bits per heavy atom. The average molecular weight is 506 g/mol. The first-order valence-corrected chi connectivity index (χ1v) is 12.5. The van der Waals surface area contributed by atoms with E-state index in [0.29, 0.717) is 0 Å². The van der Waals surface area contributed by atoms with Crippen LogP contribution in [0, 0.1) is 0 Å². The van der Waals surface area contributed by atoms with Gasteiger partial charge in [0.15, 0.2) is 11.5 Å². The molecule has 0 spiro atoms. The van der Waals surface area contributed by atoms with Crippen molar-refractivity contribution in [1.29, 1.82) is 0 Å². The third kappa shape index (κ3) is 5.53. The number of ether oxygens (including phenoxy) is 1. The summed E-state index contributed by atoms with van der Waals surface area (Å²) in [6, 6.07) is 0. The number of aliphatic hydroxyl groups excluding tert-OH is 1. The summed E-state index contributed by atoms with van der Waals surface area (Å²) in [5, 5.41) is 10.4. The molecule has 1 aliphatic rings. The van der Waals surface area contributed by atoms with Gasteiger partial charge in [0, 0.05) is 6.42 Å². The van der Waals surface area contributed by atoms with E-state index in [1.54, 1.807) is 0 Å². The fraction of sp³-hybridized carbons (Fsp3) is 0.500. The SMILES string of the molecule is Nc1ncnc2c1ncn2[C@]1(N)O[C@H](COP(=O)(O)OP(=O)(O)OP(=O)(O)O)C[C@H]1O. The minimum absolute atomic E-state index is 0.0454. The van der Waals surface area contributed by atoms with Crippen molar-refractivity contribution in [3.63, 3.8) is 0 Å². The normalized spacial score (nSPS) is 28.5. The summed E-state index contributed by atoms with van der Waals surface area (Å²) in [5.74, 6) is -1.90. The first-order chi connectivity index (χ1) is 14.1. The Balaban J connectivity index is 1.69. The predicted octanol–water partition coefficient (Wildman–Crippen LogP) is -1.53. The van der Waals surface area contributed by atoms with Gasteiger partial charge in [-0.05, 0) is 0 Å². The number of hydrogen-bond donors (Lipinski definition) is 7. The fourth-order valence-electron chi connectivity index (χ4n) is 2.72. The molecule has 3 heterocycles. The lowest BCUT2D eigenvalue weighted by Gasteiger charge is -2.29. The van der Waals surface area contributed by atoms with Crippen LogP contribution in [0.2, 0.25) is 0 Å². The monoisotopic (exact) mass is 506 g/mol. The van der Waals surface area contributed by atoms with E-state index < -0.39 is 48.1 Å². The van der Waals surface area contributed by atoms with E-state index in [1.807, 2.05) is 0 Å². The minimum Gasteiger partial charge on any atom is -0.386 e. The van der Waals surface area contributed by atoms with Gasteiger partial charge in [0.1, 0.15) is 24.3 Å². The van der Waals surface area contributed by atoms with Gasteiger partial charge in [-0.15, -0.1) is 0 Å². The third-order valence-corrected chi connectivity index (χ3v) is 7.70. The zero-order valence-electron chi connectivity index (χ0n) is 15.1. The first-order valence-electron chi connectivity index (χ1n) is 7.99. The molecule has 0 bridgehead atoms. The first kappa shape index (κ1) is 24.3. The van der Waals surface area contributed by atoms with Gasteiger partial charge in [0.05, 0.1) is 12.7 Å². The zero-order valence-corrected chi connectivity index (χ0v) is 17.8. The average Bonchev–Trinajstić information content (AvgIpc) is 3.13. The highest BCUT2D eigenvalue weighted by molar-refractivity contribution is 7.66. The molecule has 1 aliphatic heterocycles. The summed E-state index contributed by atoms with van der Waals surface area (Å²) < 4.78 is 52.1. The van der Waals surface area contributed by atoms with Gasteiger partial charge in [-0.3, -0.25) is 14.8 Å². The number of fused-ring (bicyclic) bond motifs is 1. The molecule has 0 saturated carbocycles. The van der Waals surface area contributed by atoms with E-state index in [4.69, 9.17) is 30.9 Å². The van der Waals surface area contributed by atoms with Gasteiger partial charge < -0.3 is 35.2 Å². The molecule has 3 rings (SSSR count). The molecule has 174 valence electrons. The Morgan fingerprint density at radius 1 is 1.16 bits per heavy atom. The van der Waals surface area contributed by atoms with Gasteiger partial charge in [-0.2, -0.15) is 8.62 Å². The number of nitrogen functional groups attached to an aromatic ring is 1. The van der Waals surface area contributed by atoms with E-state index in [0.717, 1.165) is 10.9 Å². The summed E-state index contributed by atoms with van der Waals surface area (Å²) in [6.07, 6.45) is -0.444. The quantitative estimate of drug-likeness (QED) is 0.200. The van der Waals surface area contributed by atoms with Crippen LogP contribution in [0.5, 0.6) is 0 Å². The molecule has 21 heteroatoms. The van der Waals surface area contributed by atoms with Crippen LogP contribution in [0.4, 0.5) is 5.82 Å². The van der Waals surface area contributed by atoms with Gasteiger partial charge in [0.2, 0.25) is 5.85 Å². The Hall–Kier alpha value is -1.36. The van der Waals surface area contributed by atoms with Gasteiger partial charge in [-0.1, -0.05) is 0 Å². The molecule has 2 aromatic rings. The number of hydrogen-bond acceptors (Lipinski definition) is 13. The van der Waals surface area contributed by atoms with Crippen LogP contribution in [0.1, 0.15) is 6.42 Å². The summed E-state index contributed by atoms with van der Waals surface area (Å²) in [5.41, 5.74) is 12.1. The largest absolute Gasteiger partial charge is 0.490 e. The van der Waals surface area contributed by atoms with Gasteiger partial charge in [-0.25, -0.2) is 28.6 Å². The Labute approximate surface area is 172 Å². The van der Waals surface area contributed by atoms with E-state index in [-0.39, 0.29) is 23.4 Å². The highest BCUT2D eigenvalue weighted by Crippen LogP contribution is 2.66. The molecule has 9 N–H and O–H groups in total. The third-order valence-electron chi connectivity index (χ3n) is 3.90. The van der Waals surface area contributed by atoms with E-state index in [1.165, 1.54) is 6.33 Å². The van der Waals surface area contributed by atoms with E-state index in [9.17, 15) is 23.7 Å². The molecule has 31 heavy (non-hydrogen) atoms. The van der Waals surface area contributed by atoms with Crippen molar-refractivity contribution < 1.29 is 56.3 Å². The van der Waals surface area contributed by atoms with Crippen LogP contribution in [0.3, 0.4) is 0 Å². The van der Waals surface area contributed by atoms with Crippen molar-refractivity contribution in [1.82, 2.24) is 19.5 Å². The van der Waals surface area contributed by atoms with Gasteiger partial charge >= 0.3 is 23.5 Å². The van der Waals surface area contributed by atoms with Crippen molar-refractivity contribution in [2.45, 2.75) is 24.5 Å². The molecule has 2 aromatic heterocycles. The van der Waals surface area contributed by atoms with Crippen LogP contribution in [0.15, 0.2) is 12.7 Å². The number of aromatic nitrogens is 4. The second-order valence-electron chi connectivity index (χ2n) is 6.18. The summed E-state index contributed by atoms with van der Waals surface area (Å²) >= 11 is 0. The molecule has 0 aliphatic carbocycles. The number of imidazole rings is 1. The number of aliphatic hydroxyl groups is 1. The van der Waals surface area contributed by atoms with E-state index >= 15 is 0 Å². The van der Waals surface area contributed by atoms with Crippen molar-refractivity contribution in [3.8, 4) is 0 Å². The lowest BCUT2D eigenvalue weighted by Crippen LogP contribution is -2.50. The molecule has 18 nitrogen and oxygen atoms in total. The lowest BCUT2D eigenvalue weighted by atomic mass is 10.1. The Bertz CT molecular complexity index is 1120. The summed E-state index contributed by atoms with van der Waals surface area (Å²) in [7, 11) is -16.5. The Kier molecular flexibility index (Phi) is 6.43. The molecule has 0 radical (unpaired) electrons. The highest BCUT2D eigenvalue weighted by Gasteiger charge is 2.49. The highest BCUT2D eigenvalue weighted by atomic mass is 31.3. The molecule has 0 aromatic carbocycles. The molecular formula is C10H17N6O12P3. The predicted molar refractivity (Wildman–Crippen MR) is 97.2 cm³/mol. The van der Waals surface area contributed by atoms with Crippen LogP contribution in [-0.2, 0) is 37.4 Å². The Morgan fingerprint density at radius 2 is 1.84 bits per heavy atom. The molecule has 0 amide bonds. The lowest BCUT2D eigenvalue weighted by molar-refractivity contribution is -0.140. The van der Waals surface area contributed by atoms with Gasteiger partial charge in [0.25, 0.3) is 0 Å². The van der Waals surface area contributed by atoms with Crippen molar-refractivity contribution in [2.24, 2.45) is 5.73 Å². The van der Waals surface area contributed by atoms with Crippen molar-refractivity contribution in [2.75, 3.05) is 12.3 Å². The van der Waals surface area contributed by atoms with Crippen molar-refractivity contribution >= 4 is 40.4 Å². The molecule has 5 atom stereocenters. The van der Waals surface area contributed by atoms with Crippen LogP contribution >= 0.6 is 23.5 Å². The van der Waals surface area contributed by atoms with Crippen LogP contribution in [-0.4, -0.2) is 63.0 Å². The number of nitrogens with zero attached hydrogens (tertiary/aromatic N) is 4. The molecule has 2 unspecified atom stereocenters. The van der Waals surface area contributed by atoms with E-state index in [2.05, 4.69) is 28.1 Å². The zero-order chi connectivity index (χ0) is 23.2. The topological polar surface area (TPSA) is 285 Å². The standard InChI is InChI=1S/C10H17N6O12P3/c11-8-7-9(14-3-13-8)16(4-15-7)10(12)6(17)1-5(26-10)2-25-30(21,22)28-31(23,24)27-29(18,19)20/h3-6,17H,1-2,12H2,(H,21,22)(H,23,24)(H2,11,13,14)(H2,18,19,20)/t5-,6+,10-/m0/s1. The van der Waals surface area contributed by atoms with Crippen LogP contribution in [0.25, 0.3) is 11.2 Å². The number of nitrogens with two attached hydrogens (primary N) is 2. The van der Waals surface area contributed by atoms with Crippen LogP contribution < -0.4 is 11.5 Å². The molecule has 1 fully saturated rings. The number of rotatable bonds is 8. The smallest absolute Gasteiger partial charge is 0.386 e. The summed E-state index contributed by atoms with van der Waals surface area (Å²) in [4.78, 5) is 47.4. The number of phosphoric acid groups is 3. The second kappa shape index (κ2) is 8.20. The molecule has 1 saturated heterocycles. The number of anilines is 1. The minimum atomic E-state index is -5.66. The summed E-state index contributed by atoms with van der Waals surface area (Å²) in [6.45, 7) is -0.788.